The Labute approximate surface area is 109 Å². The molecule has 2 amide bonds. The van der Waals surface area contributed by atoms with Gasteiger partial charge in [0.1, 0.15) is 6.04 Å². The Hall–Kier alpha value is -1.10. The van der Waals surface area contributed by atoms with Crippen molar-refractivity contribution < 1.29 is 9.59 Å². The highest BCUT2D eigenvalue weighted by molar-refractivity contribution is 5.88. The third kappa shape index (κ3) is 4.64. The molecule has 2 N–H and O–H groups in total. The molecule has 1 aliphatic heterocycles. The maximum Gasteiger partial charge on any atom is 0.245 e. The SMILES string of the molecule is CNCC(=O)NC(CC(C)C)C(=O)N1CCCC1. The summed E-state index contributed by atoms with van der Waals surface area (Å²) in [6.45, 7) is 6.04. The van der Waals surface area contributed by atoms with Crippen LogP contribution in [0.25, 0.3) is 0 Å². The summed E-state index contributed by atoms with van der Waals surface area (Å²) in [5, 5.41) is 5.63. The van der Waals surface area contributed by atoms with Gasteiger partial charge >= 0.3 is 0 Å². The van der Waals surface area contributed by atoms with Crippen LogP contribution in [0, 0.1) is 5.92 Å². The van der Waals surface area contributed by atoms with Crippen molar-refractivity contribution in [2.75, 3.05) is 26.7 Å². The second kappa shape index (κ2) is 7.36. The third-order valence-corrected chi connectivity index (χ3v) is 3.10. The number of carbonyl (C=O) groups is 2. The van der Waals surface area contributed by atoms with Gasteiger partial charge in [0.05, 0.1) is 6.54 Å². The highest BCUT2D eigenvalue weighted by Gasteiger charge is 2.27. The molecule has 104 valence electrons. The predicted octanol–water partition coefficient (Wildman–Crippen LogP) is 0.359. The molecule has 1 heterocycles. The van der Waals surface area contributed by atoms with E-state index in [1.54, 1.807) is 7.05 Å². The lowest BCUT2D eigenvalue weighted by atomic mass is 10.0. The van der Waals surface area contributed by atoms with E-state index in [0.29, 0.717) is 12.3 Å². The lowest BCUT2D eigenvalue weighted by Crippen LogP contribution is -2.50. The number of hydrogen-bond donors (Lipinski definition) is 2. The van der Waals surface area contributed by atoms with Gasteiger partial charge in [0.15, 0.2) is 0 Å². The smallest absolute Gasteiger partial charge is 0.245 e. The molecule has 0 aromatic rings. The van der Waals surface area contributed by atoms with Gasteiger partial charge in [-0.2, -0.15) is 0 Å². The van der Waals surface area contributed by atoms with Gasteiger partial charge in [0.25, 0.3) is 0 Å². The number of nitrogens with zero attached hydrogens (tertiary/aromatic N) is 1. The van der Waals surface area contributed by atoms with Crippen LogP contribution in [0.1, 0.15) is 33.1 Å². The van der Waals surface area contributed by atoms with Crippen LogP contribution < -0.4 is 10.6 Å². The van der Waals surface area contributed by atoms with E-state index < -0.39 is 0 Å². The highest BCUT2D eigenvalue weighted by atomic mass is 16.2. The average Bonchev–Trinajstić information content (AvgIpc) is 2.80. The van der Waals surface area contributed by atoms with E-state index in [9.17, 15) is 9.59 Å². The molecular formula is C13H25N3O2. The number of amides is 2. The van der Waals surface area contributed by atoms with E-state index in [1.807, 2.05) is 4.90 Å². The Balaban J connectivity index is 2.58. The molecule has 1 fully saturated rings. The van der Waals surface area contributed by atoms with Crippen molar-refractivity contribution in [3.8, 4) is 0 Å². The monoisotopic (exact) mass is 255 g/mol. The first-order valence-electron chi connectivity index (χ1n) is 6.77. The minimum atomic E-state index is -0.371. The Morgan fingerprint density at radius 2 is 1.83 bits per heavy atom. The molecule has 0 aromatic carbocycles. The van der Waals surface area contributed by atoms with Gasteiger partial charge in [-0.15, -0.1) is 0 Å². The van der Waals surface area contributed by atoms with Gasteiger partial charge in [0.2, 0.25) is 11.8 Å². The van der Waals surface area contributed by atoms with Crippen molar-refractivity contribution in [3.05, 3.63) is 0 Å². The Bertz CT molecular complexity index is 286. The summed E-state index contributed by atoms with van der Waals surface area (Å²) in [5.74, 6) is 0.345. The number of carbonyl (C=O) groups excluding carboxylic acids is 2. The summed E-state index contributed by atoms with van der Waals surface area (Å²) in [5.41, 5.74) is 0. The molecule has 1 saturated heterocycles. The largest absolute Gasteiger partial charge is 0.343 e. The van der Waals surface area contributed by atoms with Crippen molar-refractivity contribution in [2.45, 2.75) is 39.2 Å². The van der Waals surface area contributed by atoms with E-state index in [1.165, 1.54) is 0 Å². The number of likely N-dealkylation sites (tertiary alicyclic amines) is 1. The molecular weight excluding hydrogens is 230 g/mol. The molecule has 0 spiro atoms. The molecule has 5 heteroatoms. The second-order valence-corrected chi connectivity index (χ2v) is 5.31. The molecule has 0 saturated carbocycles. The van der Waals surface area contributed by atoms with Crippen molar-refractivity contribution in [1.29, 1.82) is 0 Å². The summed E-state index contributed by atoms with van der Waals surface area (Å²) in [7, 11) is 1.72. The summed E-state index contributed by atoms with van der Waals surface area (Å²) in [6, 6.07) is -0.371. The lowest BCUT2D eigenvalue weighted by molar-refractivity contribution is -0.135. The van der Waals surface area contributed by atoms with Gasteiger partial charge in [-0.1, -0.05) is 13.8 Å². The van der Waals surface area contributed by atoms with Gasteiger partial charge in [0, 0.05) is 13.1 Å². The molecule has 1 atom stereocenters. The maximum atomic E-state index is 12.3. The topological polar surface area (TPSA) is 61.4 Å². The molecule has 1 unspecified atom stereocenters. The van der Waals surface area contributed by atoms with Gasteiger partial charge < -0.3 is 15.5 Å². The van der Waals surface area contributed by atoms with Gasteiger partial charge in [-0.3, -0.25) is 9.59 Å². The standard InChI is InChI=1S/C13H25N3O2/c1-10(2)8-11(15-12(17)9-14-3)13(18)16-6-4-5-7-16/h10-11,14H,4-9H2,1-3H3,(H,15,17). The zero-order valence-corrected chi connectivity index (χ0v) is 11.7. The first kappa shape index (κ1) is 15.0. The zero-order chi connectivity index (χ0) is 13.5. The van der Waals surface area contributed by atoms with Gasteiger partial charge in [-0.05, 0) is 32.2 Å². The van der Waals surface area contributed by atoms with Crippen LogP contribution in [-0.4, -0.2) is 49.4 Å². The van der Waals surface area contributed by atoms with Crippen molar-refractivity contribution in [2.24, 2.45) is 5.92 Å². The maximum absolute atomic E-state index is 12.3. The van der Waals surface area contributed by atoms with Crippen LogP contribution in [0.5, 0.6) is 0 Å². The fourth-order valence-electron chi connectivity index (χ4n) is 2.26. The van der Waals surface area contributed by atoms with Crippen LogP contribution in [0.4, 0.5) is 0 Å². The fourth-order valence-corrected chi connectivity index (χ4v) is 2.26. The number of rotatable bonds is 6. The van der Waals surface area contributed by atoms with Crippen LogP contribution >= 0.6 is 0 Å². The zero-order valence-electron chi connectivity index (χ0n) is 11.7. The van der Waals surface area contributed by atoms with E-state index in [0.717, 1.165) is 25.9 Å². The number of nitrogens with one attached hydrogen (secondary N) is 2. The predicted molar refractivity (Wildman–Crippen MR) is 71.1 cm³/mol. The summed E-state index contributed by atoms with van der Waals surface area (Å²) in [4.78, 5) is 25.8. The Kier molecular flexibility index (Phi) is 6.12. The summed E-state index contributed by atoms with van der Waals surface area (Å²) in [6.07, 6.45) is 2.85. The molecule has 0 bridgehead atoms. The Morgan fingerprint density at radius 1 is 1.22 bits per heavy atom. The minimum Gasteiger partial charge on any atom is -0.343 e. The molecule has 1 aliphatic rings. The molecule has 18 heavy (non-hydrogen) atoms. The molecule has 0 aliphatic carbocycles. The minimum absolute atomic E-state index is 0.0747. The third-order valence-electron chi connectivity index (χ3n) is 3.10. The van der Waals surface area contributed by atoms with Crippen molar-refractivity contribution >= 4 is 11.8 Å². The van der Waals surface area contributed by atoms with Gasteiger partial charge in [-0.25, -0.2) is 0 Å². The molecule has 0 aromatic heterocycles. The number of hydrogen-bond acceptors (Lipinski definition) is 3. The van der Waals surface area contributed by atoms with E-state index in [4.69, 9.17) is 0 Å². The summed E-state index contributed by atoms with van der Waals surface area (Å²) < 4.78 is 0. The summed E-state index contributed by atoms with van der Waals surface area (Å²) >= 11 is 0. The molecule has 1 rings (SSSR count). The lowest BCUT2D eigenvalue weighted by Gasteiger charge is -2.25. The van der Waals surface area contributed by atoms with Crippen LogP contribution in [0.15, 0.2) is 0 Å². The molecule has 5 nitrogen and oxygen atoms in total. The second-order valence-electron chi connectivity index (χ2n) is 5.31. The quantitative estimate of drug-likeness (QED) is 0.720. The van der Waals surface area contributed by atoms with Crippen molar-refractivity contribution in [3.63, 3.8) is 0 Å². The highest BCUT2D eigenvalue weighted by Crippen LogP contribution is 2.13. The van der Waals surface area contributed by atoms with Crippen molar-refractivity contribution in [1.82, 2.24) is 15.5 Å². The van der Waals surface area contributed by atoms with Crippen LogP contribution in [0.3, 0.4) is 0 Å². The van der Waals surface area contributed by atoms with Crippen LogP contribution in [0.2, 0.25) is 0 Å². The van der Waals surface area contributed by atoms with E-state index in [-0.39, 0.29) is 24.4 Å². The first-order chi connectivity index (χ1) is 8.54. The number of likely N-dealkylation sites (N-methyl/N-ethyl adjacent to an activating group) is 1. The average molecular weight is 255 g/mol. The Morgan fingerprint density at radius 3 is 2.33 bits per heavy atom. The van der Waals surface area contributed by atoms with Crippen LogP contribution in [-0.2, 0) is 9.59 Å². The first-order valence-corrected chi connectivity index (χ1v) is 6.77. The molecule has 0 radical (unpaired) electrons. The van der Waals surface area contributed by atoms with E-state index >= 15 is 0 Å². The fraction of sp³-hybridized carbons (Fsp3) is 0.846. The normalized spacial score (nSPS) is 17.0. The van der Waals surface area contributed by atoms with E-state index in [2.05, 4.69) is 24.5 Å².